The molecular weight excluding hydrogens is 347 g/mol. The van der Waals surface area contributed by atoms with E-state index in [0.717, 1.165) is 17.0 Å². The second-order valence-corrected chi connectivity index (χ2v) is 5.79. The average Bonchev–Trinajstić information content (AvgIpc) is 3.01. The predicted molar refractivity (Wildman–Crippen MR) is 91.0 cm³/mol. The van der Waals surface area contributed by atoms with Crippen molar-refractivity contribution in [2.45, 2.75) is 19.1 Å². The van der Waals surface area contributed by atoms with Gasteiger partial charge in [0.15, 0.2) is 0 Å². The Morgan fingerprint density at radius 2 is 1.88 bits per heavy atom. The van der Waals surface area contributed by atoms with E-state index in [2.05, 4.69) is 5.32 Å². The van der Waals surface area contributed by atoms with Gasteiger partial charge in [-0.05, 0) is 36.1 Å². The summed E-state index contributed by atoms with van der Waals surface area (Å²) in [5, 5.41) is 3.67. The summed E-state index contributed by atoms with van der Waals surface area (Å²) >= 11 is 0. The van der Waals surface area contributed by atoms with E-state index in [1.54, 1.807) is 4.98 Å². The van der Waals surface area contributed by atoms with E-state index in [4.69, 9.17) is 0 Å². The SMILES string of the molecule is O=C(NCCCn1ccc2ccccc21)c1ccc(C(F)(F)F)[nH]c1=O. The number of aromatic amines is 1. The molecule has 1 aromatic carbocycles. The van der Waals surface area contributed by atoms with Gasteiger partial charge < -0.3 is 14.9 Å². The van der Waals surface area contributed by atoms with Gasteiger partial charge in [-0.25, -0.2) is 0 Å². The minimum Gasteiger partial charge on any atom is -0.352 e. The number of aromatic nitrogens is 2. The first kappa shape index (κ1) is 17.8. The fourth-order valence-electron chi connectivity index (χ4n) is 2.70. The largest absolute Gasteiger partial charge is 0.431 e. The lowest BCUT2D eigenvalue weighted by molar-refractivity contribution is -0.141. The number of hydrogen-bond acceptors (Lipinski definition) is 2. The average molecular weight is 363 g/mol. The molecule has 0 aliphatic rings. The summed E-state index contributed by atoms with van der Waals surface area (Å²) in [5.41, 5.74) is -1.50. The number of halogens is 3. The molecule has 136 valence electrons. The van der Waals surface area contributed by atoms with Gasteiger partial charge in [0.25, 0.3) is 11.5 Å². The lowest BCUT2D eigenvalue weighted by Gasteiger charge is -2.09. The highest BCUT2D eigenvalue weighted by Gasteiger charge is 2.32. The Morgan fingerprint density at radius 1 is 1.12 bits per heavy atom. The number of amides is 1. The summed E-state index contributed by atoms with van der Waals surface area (Å²) in [6.45, 7) is 0.961. The van der Waals surface area contributed by atoms with Crippen LogP contribution in [0.5, 0.6) is 0 Å². The minimum atomic E-state index is -4.66. The number of carbonyl (C=O) groups is 1. The Kier molecular flexibility index (Phi) is 4.83. The molecule has 0 saturated carbocycles. The maximum atomic E-state index is 12.5. The lowest BCUT2D eigenvalue weighted by Crippen LogP contribution is -2.31. The summed E-state index contributed by atoms with van der Waals surface area (Å²) in [4.78, 5) is 25.3. The molecule has 3 aromatic rings. The first-order valence-electron chi connectivity index (χ1n) is 7.99. The molecule has 0 fully saturated rings. The third-order valence-electron chi connectivity index (χ3n) is 4.00. The smallest absolute Gasteiger partial charge is 0.352 e. The molecule has 5 nitrogen and oxygen atoms in total. The van der Waals surface area contributed by atoms with Crippen LogP contribution in [0, 0.1) is 0 Å². The number of fused-ring (bicyclic) bond motifs is 1. The van der Waals surface area contributed by atoms with Gasteiger partial charge in [-0.1, -0.05) is 18.2 Å². The molecule has 0 aliphatic heterocycles. The maximum absolute atomic E-state index is 12.5. The number of nitrogens with one attached hydrogen (secondary N) is 2. The van der Waals surface area contributed by atoms with Crippen LogP contribution in [0.15, 0.2) is 53.5 Å². The van der Waals surface area contributed by atoms with Gasteiger partial charge in [-0.15, -0.1) is 0 Å². The summed E-state index contributed by atoms with van der Waals surface area (Å²) in [5.74, 6) is -0.697. The molecule has 0 spiro atoms. The molecule has 3 rings (SSSR count). The monoisotopic (exact) mass is 363 g/mol. The molecular formula is C18H16F3N3O2. The molecule has 2 heterocycles. The standard InChI is InChI=1S/C18H16F3N3O2/c19-18(20,21)15-7-6-13(17(26)23-15)16(25)22-9-3-10-24-11-8-12-4-1-2-5-14(12)24/h1-2,4-8,11H,3,9-10H2,(H,22,25)(H,23,26). The zero-order chi connectivity index (χ0) is 18.7. The molecule has 0 unspecified atom stereocenters. The third-order valence-corrected chi connectivity index (χ3v) is 4.00. The van der Waals surface area contributed by atoms with E-state index in [0.29, 0.717) is 25.6 Å². The molecule has 0 atom stereocenters. The Labute approximate surface area is 146 Å². The van der Waals surface area contributed by atoms with E-state index >= 15 is 0 Å². The van der Waals surface area contributed by atoms with Crippen molar-refractivity contribution in [2.75, 3.05) is 6.54 Å². The highest BCUT2D eigenvalue weighted by Crippen LogP contribution is 2.26. The predicted octanol–water partition coefficient (Wildman–Crippen LogP) is 3.17. The van der Waals surface area contributed by atoms with Crippen molar-refractivity contribution in [1.82, 2.24) is 14.9 Å². The number of carbonyl (C=O) groups excluding carboxylic acids is 1. The molecule has 26 heavy (non-hydrogen) atoms. The highest BCUT2D eigenvalue weighted by atomic mass is 19.4. The first-order valence-corrected chi connectivity index (χ1v) is 7.99. The maximum Gasteiger partial charge on any atom is 0.431 e. The number of pyridine rings is 1. The number of H-pyrrole nitrogens is 1. The number of benzene rings is 1. The molecule has 1 amide bonds. The first-order chi connectivity index (χ1) is 12.4. The van der Waals surface area contributed by atoms with Gasteiger partial charge in [0.05, 0.1) is 0 Å². The van der Waals surface area contributed by atoms with Crippen LogP contribution in [0.4, 0.5) is 13.2 Å². The Balaban J connectivity index is 1.57. The second kappa shape index (κ2) is 7.07. The molecule has 0 saturated heterocycles. The second-order valence-electron chi connectivity index (χ2n) is 5.79. The summed E-state index contributed by atoms with van der Waals surface area (Å²) < 4.78 is 39.6. The van der Waals surface area contributed by atoms with Crippen molar-refractivity contribution >= 4 is 16.8 Å². The van der Waals surface area contributed by atoms with Gasteiger partial charge in [0.1, 0.15) is 11.3 Å². The van der Waals surface area contributed by atoms with Gasteiger partial charge >= 0.3 is 6.18 Å². The van der Waals surface area contributed by atoms with E-state index < -0.39 is 23.3 Å². The molecule has 2 aromatic heterocycles. The number of para-hydroxylation sites is 1. The molecule has 0 bridgehead atoms. The van der Waals surface area contributed by atoms with E-state index in [9.17, 15) is 22.8 Å². The van der Waals surface area contributed by atoms with Crippen LogP contribution in [0.2, 0.25) is 0 Å². The van der Waals surface area contributed by atoms with Gasteiger partial charge in [-0.2, -0.15) is 13.2 Å². The summed E-state index contributed by atoms with van der Waals surface area (Å²) in [6, 6.07) is 11.5. The highest BCUT2D eigenvalue weighted by molar-refractivity contribution is 5.93. The van der Waals surface area contributed by atoms with Crippen LogP contribution in [0.1, 0.15) is 22.5 Å². The van der Waals surface area contributed by atoms with E-state index in [-0.39, 0.29) is 5.56 Å². The van der Waals surface area contributed by atoms with Crippen molar-refractivity contribution < 1.29 is 18.0 Å². The fourth-order valence-corrected chi connectivity index (χ4v) is 2.70. The van der Waals surface area contributed by atoms with Crippen LogP contribution in [-0.2, 0) is 12.7 Å². The Morgan fingerprint density at radius 3 is 2.62 bits per heavy atom. The van der Waals surface area contributed by atoms with Crippen LogP contribution in [-0.4, -0.2) is 22.0 Å². The number of alkyl halides is 3. The van der Waals surface area contributed by atoms with Crippen LogP contribution in [0.3, 0.4) is 0 Å². The normalized spacial score (nSPS) is 11.7. The van der Waals surface area contributed by atoms with Crippen molar-refractivity contribution in [2.24, 2.45) is 0 Å². The van der Waals surface area contributed by atoms with Crippen LogP contribution in [0.25, 0.3) is 10.9 Å². The van der Waals surface area contributed by atoms with E-state index in [1.807, 2.05) is 41.1 Å². The number of nitrogens with zero attached hydrogens (tertiary/aromatic N) is 1. The summed E-state index contributed by atoms with van der Waals surface area (Å²) in [6.07, 6.45) is -2.09. The van der Waals surface area contributed by atoms with Gasteiger partial charge in [0, 0.05) is 24.8 Å². The van der Waals surface area contributed by atoms with Gasteiger partial charge in [0.2, 0.25) is 0 Å². The minimum absolute atomic E-state index is 0.297. The lowest BCUT2D eigenvalue weighted by atomic mass is 10.2. The molecule has 0 aliphatic carbocycles. The molecule has 0 radical (unpaired) electrons. The fraction of sp³-hybridized carbons (Fsp3) is 0.222. The van der Waals surface area contributed by atoms with Crippen LogP contribution >= 0.6 is 0 Å². The van der Waals surface area contributed by atoms with Crippen molar-refractivity contribution in [3.8, 4) is 0 Å². The summed E-state index contributed by atoms with van der Waals surface area (Å²) in [7, 11) is 0. The number of rotatable bonds is 5. The topological polar surface area (TPSA) is 66.9 Å². The zero-order valence-corrected chi connectivity index (χ0v) is 13.6. The van der Waals surface area contributed by atoms with Gasteiger partial charge in [-0.3, -0.25) is 9.59 Å². The number of hydrogen-bond donors (Lipinski definition) is 2. The van der Waals surface area contributed by atoms with Crippen molar-refractivity contribution in [1.29, 1.82) is 0 Å². The zero-order valence-electron chi connectivity index (χ0n) is 13.6. The Hall–Kier alpha value is -3.03. The quantitative estimate of drug-likeness (QED) is 0.684. The van der Waals surface area contributed by atoms with Crippen molar-refractivity contribution in [3.05, 3.63) is 70.3 Å². The molecule has 2 N–H and O–H groups in total. The number of aryl methyl sites for hydroxylation is 1. The third kappa shape index (κ3) is 3.79. The van der Waals surface area contributed by atoms with Crippen molar-refractivity contribution in [3.63, 3.8) is 0 Å². The Bertz CT molecular complexity index is 989. The van der Waals surface area contributed by atoms with Crippen LogP contribution < -0.4 is 10.9 Å². The molecule has 8 heteroatoms. The van der Waals surface area contributed by atoms with E-state index in [1.165, 1.54) is 0 Å².